The van der Waals surface area contributed by atoms with Crippen molar-refractivity contribution in [2.24, 2.45) is 5.92 Å². The number of methoxy groups -OCH3 is 2. The Hall–Kier alpha value is -3.21. The maximum absolute atomic E-state index is 13.1. The van der Waals surface area contributed by atoms with E-state index in [1.165, 1.54) is 14.2 Å². The highest BCUT2D eigenvalue weighted by molar-refractivity contribution is 6.14. The van der Waals surface area contributed by atoms with E-state index in [4.69, 9.17) is 9.47 Å². The molecule has 28 heavy (non-hydrogen) atoms. The molecule has 5 heteroatoms. The Balaban J connectivity index is 1.94. The van der Waals surface area contributed by atoms with Crippen molar-refractivity contribution in [3.05, 3.63) is 58.7 Å². The molecule has 0 amide bonds. The maximum Gasteiger partial charge on any atom is 0.185 e. The number of aromatic hydroxyl groups is 2. The quantitative estimate of drug-likeness (QED) is 0.759. The SMILES string of the molecule is COc1cc(/C=C2\CCC(C)/C(=C\c3ccc(O)c(OC)c3)C2=O)ccc1O. The molecule has 0 radical (unpaired) electrons. The number of allylic oxidation sites excluding steroid dienone is 2. The molecule has 146 valence electrons. The molecule has 1 fully saturated rings. The Morgan fingerprint density at radius 1 is 0.929 bits per heavy atom. The fourth-order valence-electron chi connectivity index (χ4n) is 3.34. The van der Waals surface area contributed by atoms with Crippen LogP contribution < -0.4 is 9.47 Å². The zero-order chi connectivity index (χ0) is 20.3. The highest BCUT2D eigenvalue weighted by Gasteiger charge is 2.26. The first-order valence-corrected chi connectivity index (χ1v) is 9.13. The second-order valence-electron chi connectivity index (χ2n) is 6.90. The van der Waals surface area contributed by atoms with Gasteiger partial charge in [0.05, 0.1) is 14.2 Å². The number of Topliss-reactive ketones (excluding diaryl/α,β-unsaturated/α-hetero) is 1. The van der Waals surface area contributed by atoms with E-state index in [0.29, 0.717) is 17.9 Å². The van der Waals surface area contributed by atoms with Crippen LogP contribution in [0.2, 0.25) is 0 Å². The number of benzene rings is 2. The molecule has 2 aromatic carbocycles. The smallest absolute Gasteiger partial charge is 0.185 e. The van der Waals surface area contributed by atoms with E-state index < -0.39 is 0 Å². The summed E-state index contributed by atoms with van der Waals surface area (Å²) < 4.78 is 10.3. The molecular formula is C23H24O5. The van der Waals surface area contributed by atoms with E-state index in [2.05, 4.69) is 0 Å². The van der Waals surface area contributed by atoms with Gasteiger partial charge < -0.3 is 19.7 Å². The van der Waals surface area contributed by atoms with Gasteiger partial charge >= 0.3 is 0 Å². The highest BCUT2D eigenvalue weighted by atomic mass is 16.5. The molecule has 3 rings (SSSR count). The molecule has 5 nitrogen and oxygen atoms in total. The van der Waals surface area contributed by atoms with Crippen molar-refractivity contribution in [3.63, 3.8) is 0 Å². The highest BCUT2D eigenvalue weighted by Crippen LogP contribution is 2.35. The summed E-state index contributed by atoms with van der Waals surface area (Å²) in [5.74, 6) is 1.02. The lowest BCUT2D eigenvalue weighted by Gasteiger charge is -2.23. The van der Waals surface area contributed by atoms with Gasteiger partial charge in [-0.05, 0) is 66.3 Å². The average Bonchev–Trinajstić information content (AvgIpc) is 2.69. The molecule has 1 saturated carbocycles. The summed E-state index contributed by atoms with van der Waals surface area (Å²) in [7, 11) is 2.99. The normalized spacial score (nSPS) is 19.8. The Kier molecular flexibility index (Phi) is 5.73. The van der Waals surface area contributed by atoms with Gasteiger partial charge in [0.1, 0.15) is 0 Å². The zero-order valence-corrected chi connectivity index (χ0v) is 16.2. The topological polar surface area (TPSA) is 76.0 Å². The van der Waals surface area contributed by atoms with Gasteiger partial charge in [0, 0.05) is 11.1 Å². The largest absolute Gasteiger partial charge is 0.504 e. The molecule has 1 atom stereocenters. The fraction of sp³-hybridized carbons (Fsp3) is 0.261. The molecule has 1 unspecified atom stereocenters. The Morgan fingerprint density at radius 3 is 2.00 bits per heavy atom. The van der Waals surface area contributed by atoms with E-state index in [-0.39, 0.29) is 23.2 Å². The molecule has 0 aromatic heterocycles. The van der Waals surface area contributed by atoms with Gasteiger partial charge in [0.25, 0.3) is 0 Å². The van der Waals surface area contributed by atoms with Crippen molar-refractivity contribution >= 4 is 17.9 Å². The van der Waals surface area contributed by atoms with Crippen LogP contribution in [0.15, 0.2) is 47.5 Å². The molecule has 1 aliphatic rings. The lowest BCUT2D eigenvalue weighted by Crippen LogP contribution is -2.19. The van der Waals surface area contributed by atoms with Crippen LogP contribution in [0.3, 0.4) is 0 Å². The lowest BCUT2D eigenvalue weighted by atomic mass is 9.80. The molecule has 2 N–H and O–H groups in total. The van der Waals surface area contributed by atoms with Crippen LogP contribution in [0.5, 0.6) is 23.0 Å². The van der Waals surface area contributed by atoms with Crippen molar-refractivity contribution in [1.29, 1.82) is 0 Å². The first-order valence-electron chi connectivity index (χ1n) is 9.13. The number of carbonyl (C=O) groups is 1. The summed E-state index contributed by atoms with van der Waals surface area (Å²) in [6, 6.07) is 10.1. The van der Waals surface area contributed by atoms with Gasteiger partial charge in [-0.2, -0.15) is 0 Å². The standard InChI is InChI=1S/C23H24O5/c1-14-4-7-17(10-15-5-8-19(24)21(12-15)27-2)23(26)18(14)11-16-6-9-20(25)22(13-16)28-3/h5-6,8-14,24-25H,4,7H2,1-3H3/b17-10+,18-11+. The summed E-state index contributed by atoms with van der Waals surface area (Å²) >= 11 is 0. The number of carbonyl (C=O) groups excluding carboxylic acids is 1. The number of rotatable bonds is 4. The van der Waals surface area contributed by atoms with E-state index in [1.54, 1.807) is 36.4 Å². The number of phenols is 2. The van der Waals surface area contributed by atoms with Crippen LogP contribution in [0.4, 0.5) is 0 Å². The average molecular weight is 380 g/mol. The van der Waals surface area contributed by atoms with Crippen molar-refractivity contribution in [1.82, 2.24) is 0 Å². The third-order valence-corrected chi connectivity index (χ3v) is 5.00. The maximum atomic E-state index is 13.1. The number of hydrogen-bond donors (Lipinski definition) is 2. The van der Waals surface area contributed by atoms with Gasteiger partial charge in [-0.15, -0.1) is 0 Å². The number of ketones is 1. The van der Waals surface area contributed by atoms with E-state index >= 15 is 0 Å². The van der Waals surface area contributed by atoms with Crippen molar-refractivity contribution < 1.29 is 24.5 Å². The van der Waals surface area contributed by atoms with E-state index in [1.807, 2.05) is 19.1 Å². The van der Waals surface area contributed by atoms with E-state index in [9.17, 15) is 15.0 Å². The molecule has 0 heterocycles. The summed E-state index contributed by atoms with van der Waals surface area (Å²) in [6.45, 7) is 2.04. The summed E-state index contributed by atoms with van der Waals surface area (Å²) in [4.78, 5) is 13.1. The van der Waals surface area contributed by atoms with Gasteiger partial charge in [-0.3, -0.25) is 4.79 Å². The van der Waals surface area contributed by atoms with Crippen molar-refractivity contribution in [2.45, 2.75) is 19.8 Å². The van der Waals surface area contributed by atoms with Gasteiger partial charge in [-0.25, -0.2) is 0 Å². The van der Waals surface area contributed by atoms with Crippen LogP contribution >= 0.6 is 0 Å². The van der Waals surface area contributed by atoms with Gasteiger partial charge in [0.2, 0.25) is 0 Å². The molecule has 0 spiro atoms. The fourth-order valence-corrected chi connectivity index (χ4v) is 3.34. The minimum absolute atomic E-state index is 0.0119. The first kappa shape index (κ1) is 19.5. The van der Waals surface area contributed by atoms with Crippen molar-refractivity contribution in [2.75, 3.05) is 14.2 Å². The predicted octanol–water partition coefficient (Wildman–Crippen LogP) is 4.58. The monoisotopic (exact) mass is 380 g/mol. The molecule has 0 bridgehead atoms. The third-order valence-electron chi connectivity index (χ3n) is 5.00. The van der Waals surface area contributed by atoms with Gasteiger partial charge in [-0.1, -0.05) is 19.1 Å². The van der Waals surface area contributed by atoms with Crippen LogP contribution in [-0.2, 0) is 4.79 Å². The zero-order valence-electron chi connectivity index (χ0n) is 16.2. The number of ether oxygens (including phenoxy) is 2. The summed E-state index contributed by atoms with van der Waals surface area (Å²) in [6.07, 6.45) is 5.27. The molecular weight excluding hydrogens is 356 g/mol. The predicted molar refractivity (Wildman–Crippen MR) is 109 cm³/mol. The Morgan fingerprint density at radius 2 is 1.46 bits per heavy atom. The second kappa shape index (κ2) is 8.21. The first-order chi connectivity index (χ1) is 13.4. The Bertz CT molecular complexity index is 955. The van der Waals surface area contributed by atoms with Gasteiger partial charge in [0.15, 0.2) is 28.8 Å². The molecule has 0 saturated heterocycles. The lowest BCUT2D eigenvalue weighted by molar-refractivity contribution is -0.113. The molecule has 0 aliphatic heterocycles. The number of phenolic OH excluding ortho intramolecular Hbond substituents is 2. The molecule has 2 aromatic rings. The minimum atomic E-state index is 0.0119. The second-order valence-corrected chi connectivity index (χ2v) is 6.90. The molecule has 1 aliphatic carbocycles. The summed E-state index contributed by atoms with van der Waals surface area (Å²) in [5, 5.41) is 19.5. The van der Waals surface area contributed by atoms with Crippen LogP contribution in [0, 0.1) is 5.92 Å². The summed E-state index contributed by atoms with van der Waals surface area (Å²) in [5.41, 5.74) is 3.06. The van der Waals surface area contributed by atoms with E-state index in [0.717, 1.165) is 28.7 Å². The minimum Gasteiger partial charge on any atom is -0.504 e. The number of hydrogen-bond acceptors (Lipinski definition) is 5. The Labute approximate surface area is 164 Å². The van der Waals surface area contributed by atoms with Crippen LogP contribution in [-0.4, -0.2) is 30.2 Å². The van der Waals surface area contributed by atoms with Crippen LogP contribution in [0.1, 0.15) is 30.9 Å². The van der Waals surface area contributed by atoms with Crippen molar-refractivity contribution in [3.8, 4) is 23.0 Å². The van der Waals surface area contributed by atoms with Crippen LogP contribution in [0.25, 0.3) is 12.2 Å². The third kappa shape index (κ3) is 4.03.